The Balaban J connectivity index is 1.47. The van der Waals surface area contributed by atoms with E-state index in [1.807, 2.05) is 0 Å². The number of carbonyl (C=O) groups excluding carboxylic acids is 2. The first-order valence-corrected chi connectivity index (χ1v) is 13.4. The predicted octanol–water partition coefficient (Wildman–Crippen LogP) is 4.54. The molecule has 0 radical (unpaired) electrons. The van der Waals surface area contributed by atoms with Crippen LogP contribution in [0.2, 0.25) is 0 Å². The van der Waals surface area contributed by atoms with Gasteiger partial charge in [0.05, 0.1) is 25.7 Å². The fourth-order valence-corrected chi connectivity index (χ4v) is 7.16. The Bertz CT molecular complexity index is 732. The van der Waals surface area contributed by atoms with Gasteiger partial charge in [-0.3, -0.25) is 14.5 Å². The molecule has 0 bridgehead atoms. The highest BCUT2D eigenvalue weighted by Gasteiger charge is 2.57. The zero-order valence-electron chi connectivity index (χ0n) is 22.4. The van der Waals surface area contributed by atoms with Crippen LogP contribution in [0.25, 0.3) is 0 Å². The Morgan fingerprint density at radius 3 is 2.53 bits per heavy atom. The predicted molar refractivity (Wildman–Crippen MR) is 135 cm³/mol. The second kappa shape index (κ2) is 11.6. The van der Waals surface area contributed by atoms with Crippen molar-refractivity contribution in [3.05, 3.63) is 12.2 Å². The molecule has 6 heteroatoms. The van der Waals surface area contributed by atoms with Crippen molar-refractivity contribution in [1.29, 1.82) is 0 Å². The van der Waals surface area contributed by atoms with Crippen molar-refractivity contribution in [3.8, 4) is 0 Å². The van der Waals surface area contributed by atoms with Crippen molar-refractivity contribution >= 4 is 11.9 Å². The van der Waals surface area contributed by atoms with E-state index in [1.54, 1.807) is 0 Å². The summed E-state index contributed by atoms with van der Waals surface area (Å²) >= 11 is 0. The fraction of sp³-hybridized carbons (Fsp3) is 0.857. The molecule has 1 aliphatic heterocycles. The maximum atomic E-state index is 12.8. The maximum absolute atomic E-state index is 12.8. The number of esters is 2. The molecule has 0 spiro atoms. The number of methoxy groups -OCH3 is 1. The second-order valence-electron chi connectivity index (χ2n) is 11.8. The lowest BCUT2D eigenvalue weighted by molar-refractivity contribution is -0.168. The average Bonchev–Trinajstić information content (AvgIpc) is 2.79. The van der Waals surface area contributed by atoms with E-state index in [0.717, 1.165) is 77.5 Å². The molecule has 2 aliphatic carbocycles. The van der Waals surface area contributed by atoms with E-state index in [1.165, 1.54) is 12.7 Å². The van der Waals surface area contributed by atoms with Gasteiger partial charge in [0.15, 0.2) is 0 Å². The van der Waals surface area contributed by atoms with Crippen molar-refractivity contribution in [1.82, 2.24) is 9.80 Å². The van der Waals surface area contributed by atoms with Gasteiger partial charge >= 0.3 is 11.9 Å². The van der Waals surface area contributed by atoms with Gasteiger partial charge in [0.25, 0.3) is 0 Å². The molecule has 0 N–H and O–H groups in total. The number of nitrogens with zero attached hydrogens (tertiary/aromatic N) is 2. The standard InChI is InChI=1S/C28H48N2O4/c1-21(12-19-34-25(31)20-30-17-15-29(5)16-18-30)8-10-23-22(2)9-11-24-27(23,3)13-7-14-28(24,4)26(32)33-6/h21,23-24H,2,7-20H2,1,3-6H3/t21-,23-,24+,27+,28-/m0/s1. The summed E-state index contributed by atoms with van der Waals surface area (Å²) < 4.78 is 10.8. The van der Waals surface area contributed by atoms with Crippen LogP contribution in [0.15, 0.2) is 12.2 Å². The molecule has 3 fully saturated rings. The van der Waals surface area contributed by atoms with E-state index >= 15 is 0 Å². The molecule has 2 saturated carbocycles. The largest absolute Gasteiger partial charge is 0.469 e. The van der Waals surface area contributed by atoms with E-state index < -0.39 is 0 Å². The molecule has 1 heterocycles. The molecule has 0 aromatic carbocycles. The molecule has 0 unspecified atom stereocenters. The van der Waals surface area contributed by atoms with E-state index in [-0.39, 0.29) is 22.8 Å². The van der Waals surface area contributed by atoms with Gasteiger partial charge in [-0.1, -0.05) is 32.4 Å². The first-order chi connectivity index (χ1) is 16.1. The fourth-order valence-electron chi connectivity index (χ4n) is 7.16. The normalized spacial score (nSPS) is 33.7. The summed E-state index contributed by atoms with van der Waals surface area (Å²) in [6, 6.07) is 0. The topological polar surface area (TPSA) is 59.1 Å². The number of piperazine rings is 1. The highest BCUT2D eigenvalue weighted by molar-refractivity contribution is 5.77. The SMILES string of the molecule is C=C1CC[C@@H]2[C@](C)(CCC[C@]2(C)C(=O)OC)[C@H]1CC[C@H](C)CCOC(=O)CN1CCN(C)CC1. The van der Waals surface area contributed by atoms with E-state index in [4.69, 9.17) is 9.47 Å². The second-order valence-corrected chi connectivity index (χ2v) is 11.8. The van der Waals surface area contributed by atoms with E-state index in [2.05, 4.69) is 44.2 Å². The van der Waals surface area contributed by atoms with Crippen molar-refractivity contribution < 1.29 is 19.1 Å². The molecule has 3 rings (SSSR count). The summed E-state index contributed by atoms with van der Waals surface area (Å²) in [5, 5.41) is 0. The number of fused-ring (bicyclic) bond motifs is 1. The average molecular weight is 477 g/mol. The lowest BCUT2D eigenvalue weighted by Gasteiger charge is -2.57. The first-order valence-electron chi connectivity index (χ1n) is 13.4. The highest BCUT2D eigenvalue weighted by atomic mass is 16.5. The number of allylic oxidation sites excluding steroid dienone is 1. The van der Waals surface area contributed by atoms with Crippen LogP contribution < -0.4 is 0 Å². The van der Waals surface area contributed by atoms with Gasteiger partial charge in [-0.25, -0.2) is 0 Å². The van der Waals surface area contributed by atoms with Crippen LogP contribution in [0, 0.1) is 28.6 Å². The Kier molecular flexibility index (Phi) is 9.24. The van der Waals surface area contributed by atoms with Crippen LogP contribution in [0.5, 0.6) is 0 Å². The number of ether oxygens (including phenoxy) is 2. The monoisotopic (exact) mass is 476 g/mol. The van der Waals surface area contributed by atoms with E-state index in [0.29, 0.717) is 30.9 Å². The summed E-state index contributed by atoms with van der Waals surface area (Å²) in [6.45, 7) is 16.1. The molecule has 0 amide bonds. The Labute approximate surface area is 207 Å². The molecule has 34 heavy (non-hydrogen) atoms. The van der Waals surface area contributed by atoms with Crippen LogP contribution in [0.1, 0.15) is 72.1 Å². The van der Waals surface area contributed by atoms with Gasteiger partial charge < -0.3 is 14.4 Å². The number of rotatable bonds is 9. The number of carbonyl (C=O) groups is 2. The van der Waals surface area contributed by atoms with Crippen LogP contribution in [-0.2, 0) is 19.1 Å². The lowest BCUT2D eigenvalue weighted by Crippen LogP contribution is -2.53. The van der Waals surface area contributed by atoms with Gasteiger partial charge in [0.1, 0.15) is 0 Å². The van der Waals surface area contributed by atoms with Crippen LogP contribution >= 0.6 is 0 Å². The molecule has 194 valence electrons. The molecule has 3 aliphatic rings. The third-order valence-corrected chi connectivity index (χ3v) is 9.44. The quantitative estimate of drug-likeness (QED) is 0.360. The summed E-state index contributed by atoms with van der Waals surface area (Å²) in [6.07, 6.45) is 8.29. The van der Waals surface area contributed by atoms with Gasteiger partial charge in [0.2, 0.25) is 0 Å². The Morgan fingerprint density at radius 2 is 1.85 bits per heavy atom. The van der Waals surface area contributed by atoms with Crippen LogP contribution in [-0.4, -0.2) is 75.2 Å². The molecule has 6 nitrogen and oxygen atoms in total. The Hall–Kier alpha value is -1.40. The van der Waals surface area contributed by atoms with Crippen LogP contribution in [0.4, 0.5) is 0 Å². The summed E-state index contributed by atoms with van der Waals surface area (Å²) in [7, 11) is 3.64. The number of hydrogen-bond acceptors (Lipinski definition) is 6. The maximum Gasteiger partial charge on any atom is 0.320 e. The first kappa shape index (κ1) is 27.2. The van der Waals surface area contributed by atoms with Gasteiger partial charge in [0, 0.05) is 26.2 Å². The highest BCUT2D eigenvalue weighted by Crippen LogP contribution is 2.62. The minimum absolute atomic E-state index is 0.0403. The molecule has 0 aromatic rings. The van der Waals surface area contributed by atoms with Gasteiger partial charge in [-0.15, -0.1) is 0 Å². The van der Waals surface area contributed by atoms with Crippen molar-refractivity contribution in [2.45, 2.75) is 72.1 Å². The third-order valence-electron chi connectivity index (χ3n) is 9.44. The molecular weight excluding hydrogens is 428 g/mol. The molecule has 5 atom stereocenters. The summed E-state index contributed by atoms with van der Waals surface area (Å²) in [5.41, 5.74) is 1.08. The van der Waals surface area contributed by atoms with Crippen molar-refractivity contribution in [3.63, 3.8) is 0 Å². The number of hydrogen-bond donors (Lipinski definition) is 0. The zero-order valence-corrected chi connectivity index (χ0v) is 22.4. The van der Waals surface area contributed by atoms with Gasteiger partial charge in [-0.05, 0) is 82.1 Å². The Morgan fingerprint density at radius 1 is 1.15 bits per heavy atom. The van der Waals surface area contributed by atoms with Crippen LogP contribution in [0.3, 0.4) is 0 Å². The van der Waals surface area contributed by atoms with Gasteiger partial charge in [-0.2, -0.15) is 0 Å². The smallest absolute Gasteiger partial charge is 0.320 e. The number of likely N-dealkylation sites (N-methyl/N-ethyl adjacent to an activating group) is 1. The summed E-state index contributed by atoms with van der Waals surface area (Å²) in [5.74, 6) is 1.14. The summed E-state index contributed by atoms with van der Waals surface area (Å²) in [4.78, 5) is 29.5. The third kappa shape index (κ3) is 6.04. The van der Waals surface area contributed by atoms with Crippen molar-refractivity contribution in [2.24, 2.45) is 28.6 Å². The minimum atomic E-state index is -0.385. The van der Waals surface area contributed by atoms with Crippen molar-refractivity contribution in [2.75, 3.05) is 53.5 Å². The zero-order chi connectivity index (χ0) is 24.9. The lowest BCUT2D eigenvalue weighted by atomic mass is 9.46. The molecular formula is C28H48N2O4. The van der Waals surface area contributed by atoms with E-state index in [9.17, 15) is 9.59 Å². The minimum Gasteiger partial charge on any atom is -0.469 e. The molecule has 0 aromatic heterocycles. The molecule has 1 saturated heterocycles.